The van der Waals surface area contributed by atoms with Crippen LogP contribution in [-0.2, 0) is 0 Å². The van der Waals surface area contributed by atoms with Crippen LogP contribution in [0.25, 0.3) is 17.0 Å². The predicted octanol–water partition coefficient (Wildman–Crippen LogP) is 4.50. The zero-order valence-electron chi connectivity index (χ0n) is 17.5. The number of ether oxygens (including phenoxy) is 2. The number of hydrogen-bond donors (Lipinski definition) is 2. The van der Waals surface area contributed by atoms with E-state index in [2.05, 4.69) is 10.1 Å². The van der Waals surface area contributed by atoms with Crippen molar-refractivity contribution in [3.8, 4) is 40.3 Å². The van der Waals surface area contributed by atoms with Crippen molar-refractivity contribution in [2.45, 2.75) is 5.92 Å². The van der Waals surface area contributed by atoms with E-state index < -0.39 is 0 Å². The lowest BCUT2D eigenvalue weighted by Gasteiger charge is -2.28. The Morgan fingerprint density at radius 2 is 1.82 bits per heavy atom. The number of aromatic nitrogens is 4. The second-order valence-corrected chi connectivity index (χ2v) is 7.71. The topological polar surface area (TPSA) is 102 Å². The molecule has 0 fully saturated rings. The van der Waals surface area contributed by atoms with Gasteiger partial charge in [-0.1, -0.05) is 30.3 Å². The Kier molecular flexibility index (Phi) is 4.19. The van der Waals surface area contributed by atoms with Crippen molar-refractivity contribution in [1.82, 2.24) is 19.6 Å². The summed E-state index contributed by atoms with van der Waals surface area (Å²) in [5.74, 6) is 1.98. The Balaban J connectivity index is 1.60. The fraction of sp³-hybridized carbons (Fsp3) is 0.0800. The Bertz CT molecular complexity index is 1510. The van der Waals surface area contributed by atoms with E-state index in [1.54, 1.807) is 42.0 Å². The van der Waals surface area contributed by atoms with Crippen molar-refractivity contribution in [1.29, 1.82) is 0 Å². The third kappa shape index (κ3) is 3.03. The van der Waals surface area contributed by atoms with E-state index >= 15 is 0 Å². The molecule has 0 spiro atoms. The molecule has 5 aromatic rings. The minimum absolute atomic E-state index is 0.0963. The normalized spacial score (nSPS) is 14.4. The summed E-state index contributed by atoms with van der Waals surface area (Å²) in [5.41, 5.74) is 3.69. The average Bonchev–Trinajstić information content (AvgIpc) is 3.27. The number of rotatable bonds is 3. The Morgan fingerprint density at radius 1 is 1.00 bits per heavy atom. The van der Waals surface area contributed by atoms with Crippen molar-refractivity contribution in [2.24, 2.45) is 0 Å². The van der Waals surface area contributed by atoms with Crippen LogP contribution in [0.15, 0.2) is 73.1 Å². The summed E-state index contributed by atoms with van der Waals surface area (Å²) in [4.78, 5) is 9.24. The number of hydrogen-bond acceptors (Lipinski definition) is 7. The molecule has 162 valence electrons. The van der Waals surface area contributed by atoms with E-state index in [9.17, 15) is 10.2 Å². The number of benzene rings is 3. The molecule has 3 heterocycles. The van der Waals surface area contributed by atoms with Crippen LogP contribution < -0.4 is 9.47 Å². The van der Waals surface area contributed by atoms with E-state index in [4.69, 9.17) is 14.5 Å². The molecular weight excluding hydrogens is 420 g/mol. The molecule has 0 bridgehead atoms. The molecule has 0 unspecified atom stereocenters. The van der Waals surface area contributed by atoms with Gasteiger partial charge in [0, 0.05) is 17.5 Å². The third-order valence-corrected chi connectivity index (χ3v) is 5.78. The number of fused-ring (bicyclic) bond motifs is 4. The lowest BCUT2D eigenvalue weighted by Crippen LogP contribution is -2.15. The standard InChI is InChI=1S/C25H18N4O4/c1-32-16-9-6-14(7-10-16)21-18-11-8-15(30)12-20(18)33-25-22(21)24-27-23(28-29(24)13-26-25)17-4-2-3-5-19(17)31/h2-13,21,30-31H,1H3/t21-/m0/s1. The van der Waals surface area contributed by atoms with E-state index in [1.165, 1.54) is 6.33 Å². The zero-order chi connectivity index (χ0) is 22.5. The van der Waals surface area contributed by atoms with E-state index in [0.29, 0.717) is 28.7 Å². The molecule has 0 aliphatic carbocycles. The van der Waals surface area contributed by atoms with Gasteiger partial charge in [-0.2, -0.15) is 0 Å². The molecule has 8 heteroatoms. The Hall–Kier alpha value is -4.59. The first-order valence-corrected chi connectivity index (χ1v) is 10.3. The SMILES string of the molecule is COc1ccc([C@H]2c3ccc(O)cc3Oc3ncn4nc(-c5ccccc5O)nc4c32)cc1. The maximum atomic E-state index is 10.3. The predicted molar refractivity (Wildman–Crippen MR) is 120 cm³/mol. The van der Waals surface area contributed by atoms with E-state index in [1.807, 2.05) is 36.4 Å². The smallest absolute Gasteiger partial charge is 0.228 e. The van der Waals surface area contributed by atoms with Crippen LogP contribution in [0.5, 0.6) is 28.9 Å². The highest BCUT2D eigenvalue weighted by atomic mass is 16.5. The van der Waals surface area contributed by atoms with Gasteiger partial charge in [0.05, 0.1) is 18.2 Å². The Morgan fingerprint density at radius 3 is 2.61 bits per heavy atom. The van der Waals surface area contributed by atoms with Crippen LogP contribution >= 0.6 is 0 Å². The van der Waals surface area contributed by atoms with Crippen molar-refractivity contribution < 1.29 is 19.7 Å². The summed E-state index contributed by atoms with van der Waals surface area (Å²) in [6.45, 7) is 0. The maximum Gasteiger partial charge on any atom is 0.228 e. The molecule has 6 rings (SSSR count). The van der Waals surface area contributed by atoms with Gasteiger partial charge in [-0.25, -0.2) is 14.5 Å². The largest absolute Gasteiger partial charge is 0.508 e. The van der Waals surface area contributed by atoms with Crippen LogP contribution in [0.2, 0.25) is 0 Å². The highest BCUT2D eigenvalue weighted by Crippen LogP contribution is 2.48. The average molecular weight is 438 g/mol. The molecule has 1 atom stereocenters. The minimum Gasteiger partial charge on any atom is -0.508 e. The van der Waals surface area contributed by atoms with Crippen molar-refractivity contribution >= 4 is 5.65 Å². The molecule has 2 aromatic heterocycles. The summed E-state index contributed by atoms with van der Waals surface area (Å²) in [6, 6.07) is 19.8. The van der Waals surface area contributed by atoms with Crippen LogP contribution in [0, 0.1) is 0 Å². The van der Waals surface area contributed by atoms with Gasteiger partial charge in [-0.15, -0.1) is 5.10 Å². The highest BCUT2D eigenvalue weighted by Gasteiger charge is 2.33. The molecule has 1 aliphatic heterocycles. The van der Waals surface area contributed by atoms with Crippen LogP contribution in [0.1, 0.15) is 22.6 Å². The van der Waals surface area contributed by atoms with E-state index in [-0.39, 0.29) is 17.4 Å². The molecule has 0 amide bonds. The number of methoxy groups -OCH3 is 1. The van der Waals surface area contributed by atoms with Gasteiger partial charge >= 0.3 is 0 Å². The molecule has 0 radical (unpaired) electrons. The maximum absolute atomic E-state index is 10.3. The van der Waals surface area contributed by atoms with Crippen molar-refractivity contribution in [3.05, 3.63) is 89.7 Å². The first kappa shape index (κ1) is 19.1. The van der Waals surface area contributed by atoms with Gasteiger partial charge in [0.2, 0.25) is 5.88 Å². The monoisotopic (exact) mass is 438 g/mol. The zero-order valence-corrected chi connectivity index (χ0v) is 17.5. The summed E-state index contributed by atoms with van der Waals surface area (Å²) >= 11 is 0. The molecule has 2 N–H and O–H groups in total. The van der Waals surface area contributed by atoms with Crippen molar-refractivity contribution in [2.75, 3.05) is 7.11 Å². The van der Waals surface area contributed by atoms with E-state index in [0.717, 1.165) is 22.4 Å². The number of aromatic hydroxyl groups is 2. The van der Waals surface area contributed by atoms with Crippen LogP contribution in [0.4, 0.5) is 0 Å². The third-order valence-electron chi connectivity index (χ3n) is 5.78. The molecule has 3 aromatic carbocycles. The van der Waals surface area contributed by atoms with Gasteiger partial charge in [0.25, 0.3) is 0 Å². The Labute approximate surface area is 188 Å². The molecule has 33 heavy (non-hydrogen) atoms. The number of nitrogens with zero attached hydrogens (tertiary/aromatic N) is 4. The molecule has 0 saturated heterocycles. The summed E-state index contributed by atoms with van der Waals surface area (Å²) in [6.07, 6.45) is 1.53. The lowest BCUT2D eigenvalue weighted by atomic mass is 9.84. The molecule has 0 saturated carbocycles. The summed E-state index contributed by atoms with van der Waals surface area (Å²) in [7, 11) is 1.63. The molecule has 8 nitrogen and oxygen atoms in total. The lowest BCUT2D eigenvalue weighted by molar-refractivity contribution is 0.414. The van der Waals surface area contributed by atoms with Crippen LogP contribution in [-0.4, -0.2) is 36.9 Å². The van der Waals surface area contributed by atoms with Crippen molar-refractivity contribution in [3.63, 3.8) is 0 Å². The number of para-hydroxylation sites is 1. The first-order valence-electron chi connectivity index (χ1n) is 10.3. The van der Waals surface area contributed by atoms with Gasteiger partial charge in [0.15, 0.2) is 11.5 Å². The van der Waals surface area contributed by atoms with Gasteiger partial charge in [-0.3, -0.25) is 0 Å². The first-order chi connectivity index (χ1) is 16.1. The number of phenolic OH excluding ortho intramolecular Hbond substituents is 2. The van der Waals surface area contributed by atoms with Gasteiger partial charge in [0.1, 0.15) is 29.3 Å². The fourth-order valence-electron chi connectivity index (χ4n) is 4.22. The highest BCUT2D eigenvalue weighted by molar-refractivity contribution is 5.70. The quantitative estimate of drug-likeness (QED) is 0.419. The number of phenols is 2. The fourth-order valence-corrected chi connectivity index (χ4v) is 4.22. The molecule has 1 aliphatic rings. The summed E-state index contributed by atoms with van der Waals surface area (Å²) < 4.78 is 13.0. The second-order valence-electron chi connectivity index (χ2n) is 7.71. The van der Waals surface area contributed by atoms with Crippen LogP contribution in [0.3, 0.4) is 0 Å². The minimum atomic E-state index is -0.270. The second kappa shape index (κ2) is 7.23. The summed E-state index contributed by atoms with van der Waals surface area (Å²) in [5, 5.41) is 24.9. The van der Waals surface area contributed by atoms with Gasteiger partial charge < -0.3 is 19.7 Å². The van der Waals surface area contributed by atoms with Gasteiger partial charge in [-0.05, 0) is 35.9 Å². The molecular formula is C25H18N4O4.